The highest BCUT2D eigenvalue weighted by Gasteiger charge is 2.21. The summed E-state index contributed by atoms with van der Waals surface area (Å²) >= 11 is 1.70. The van der Waals surface area contributed by atoms with Crippen LogP contribution >= 0.6 is 11.3 Å². The zero-order chi connectivity index (χ0) is 13.4. The van der Waals surface area contributed by atoms with Gasteiger partial charge in [-0.3, -0.25) is 4.68 Å². The Balaban J connectivity index is 1.75. The summed E-state index contributed by atoms with van der Waals surface area (Å²) < 4.78 is 2.08. The third-order valence-corrected chi connectivity index (χ3v) is 4.48. The fourth-order valence-corrected chi connectivity index (χ4v) is 2.92. The highest BCUT2D eigenvalue weighted by Crippen LogP contribution is 2.21. The molecule has 0 aromatic carbocycles. The van der Waals surface area contributed by atoms with E-state index >= 15 is 0 Å². The van der Waals surface area contributed by atoms with E-state index in [0.717, 1.165) is 35.5 Å². The lowest BCUT2D eigenvalue weighted by Crippen LogP contribution is -2.16. The molecule has 4 nitrogen and oxygen atoms in total. The molecule has 1 aliphatic carbocycles. The van der Waals surface area contributed by atoms with Crippen LogP contribution in [0.5, 0.6) is 0 Å². The molecule has 3 rings (SSSR count). The summed E-state index contributed by atoms with van der Waals surface area (Å²) in [6, 6.07) is 0.739. The zero-order valence-corrected chi connectivity index (χ0v) is 12.5. The Kier molecular flexibility index (Phi) is 3.41. The molecule has 5 heteroatoms. The molecule has 2 aromatic heterocycles. The fourth-order valence-electron chi connectivity index (χ4n) is 2.31. The van der Waals surface area contributed by atoms with Crippen molar-refractivity contribution in [2.75, 3.05) is 0 Å². The summed E-state index contributed by atoms with van der Waals surface area (Å²) in [5, 5.41) is 11.5. The van der Waals surface area contributed by atoms with Crippen LogP contribution in [-0.2, 0) is 13.1 Å². The van der Waals surface area contributed by atoms with Crippen LogP contribution in [0.2, 0.25) is 0 Å². The van der Waals surface area contributed by atoms with E-state index in [-0.39, 0.29) is 0 Å². The molecule has 102 valence electrons. The summed E-state index contributed by atoms with van der Waals surface area (Å²) in [6.45, 7) is 8.02. The first-order valence-electron chi connectivity index (χ1n) is 6.80. The van der Waals surface area contributed by atoms with Gasteiger partial charge in [-0.25, -0.2) is 4.98 Å². The molecule has 0 atom stereocenters. The number of nitrogens with zero attached hydrogens (tertiary/aromatic N) is 3. The molecule has 2 heterocycles. The van der Waals surface area contributed by atoms with Gasteiger partial charge in [0.2, 0.25) is 0 Å². The fraction of sp³-hybridized carbons (Fsp3) is 0.571. The number of nitrogens with one attached hydrogen (secondary N) is 1. The summed E-state index contributed by atoms with van der Waals surface area (Å²) in [7, 11) is 0. The summed E-state index contributed by atoms with van der Waals surface area (Å²) in [6.07, 6.45) is 2.65. The number of hydrogen-bond acceptors (Lipinski definition) is 4. The van der Waals surface area contributed by atoms with E-state index < -0.39 is 0 Å². The quantitative estimate of drug-likeness (QED) is 0.912. The molecule has 2 aromatic rings. The Morgan fingerprint density at radius 2 is 2.16 bits per heavy atom. The average molecular weight is 276 g/mol. The van der Waals surface area contributed by atoms with Gasteiger partial charge < -0.3 is 5.32 Å². The van der Waals surface area contributed by atoms with Crippen LogP contribution in [0.15, 0.2) is 5.38 Å². The lowest BCUT2D eigenvalue weighted by atomic mass is 10.2. The molecule has 1 saturated carbocycles. The van der Waals surface area contributed by atoms with Crippen molar-refractivity contribution in [3.05, 3.63) is 33.0 Å². The predicted molar refractivity (Wildman–Crippen MR) is 77.5 cm³/mol. The van der Waals surface area contributed by atoms with Gasteiger partial charge in [-0.05, 0) is 33.6 Å². The molecule has 0 spiro atoms. The minimum Gasteiger partial charge on any atom is -0.310 e. The van der Waals surface area contributed by atoms with E-state index in [9.17, 15) is 0 Å². The van der Waals surface area contributed by atoms with Crippen LogP contribution in [-0.4, -0.2) is 20.8 Å². The lowest BCUT2D eigenvalue weighted by molar-refractivity contribution is 0.643. The van der Waals surface area contributed by atoms with E-state index in [2.05, 4.69) is 39.3 Å². The van der Waals surface area contributed by atoms with Crippen molar-refractivity contribution in [1.29, 1.82) is 0 Å². The third kappa shape index (κ3) is 2.87. The minimum absolute atomic E-state index is 0.739. The number of thiazole rings is 1. The first-order valence-corrected chi connectivity index (χ1v) is 7.68. The van der Waals surface area contributed by atoms with Crippen molar-refractivity contribution in [2.24, 2.45) is 0 Å². The van der Waals surface area contributed by atoms with E-state index in [1.54, 1.807) is 11.3 Å². The molecule has 19 heavy (non-hydrogen) atoms. The molecule has 1 N–H and O–H groups in total. The van der Waals surface area contributed by atoms with Crippen molar-refractivity contribution in [3.63, 3.8) is 0 Å². The summed E-state index contributed by atoms with van der Waals surface area (Å²) in [4.78, 5) is 4.51. The van der Waals surface area contributed by atoms with Gasteiger partial charge in [0.1, 0.15) is 0 Å². The number of aryl methyl sites for hydroxylation is 2. The minimum atomic E-state index is 0.739. The SMILES string of the molecule is Cc1nc(Cn2nc(C)c(CNC3CC3)c2C)cs1. The van der Waals surface area contributed by atoms with Gasteiger partial charge in [0.05, 0.1) is 22.9 Å². The smallest absolute Gasteiger partial charge is 0.0898 e. The molecule has 0 radical (unpaired) electrons. The van der Waals surface area contributed by atoms with Gasteiger partial charge in [0, 0.05) is 29.2 Å². The largest absolute Gasteiger partial charge is 0.310 e. The Morgan fingerprint density at radius 3 is 2.79 bits per heavy atom. The second kappa shape index (κ2) is 5.06. The number of hydrogen-bond donors (Lipinski definition) is 1. The maximum absolute atomic E-state index is 4.65. The molecule has 1 fully saturated rings. The third-order valence-electron chi connectivity index (χ3n) is 3.65. The van der Waals surface area contributed by atoms with Crippen LogP contribution in [0.1, 0.15) is 40.5 Å². The van der Waals surface area contributed by atoms with Gasteiger partial charge in [-0.1, -0.05) is 0 Å². The van der Waals surface area contributed by atoms with E-state index in [1.165, 1.54) is 24.1 Å². The van der Waals surface area contributed by atoms with Crippen molar-refractivity contribution >= 4 is 11.3 Å². The molecule has 0 bridgehead atoms. The van der Waals surface area contributed by atoms with Crippen molar-refractivity contribution in [3.8, 4) is 0 Å². The monoisotopic (exact) mass is 276 g/mol. The van der Waals surface area contributed by atoms with Crippen molar-refractivity contribution in [2.45, 2.75) is 52.7 Å². The Labute approximate surface area is 117 Å². The summed E-state index contributed by atoms with van der Waals surface area (Å²) in [5.41, 5.74) is 4.85. The Morgan fingerprint density at radius 1 is 1.37 bits per heavy atom. The van der Waals surface area contributed by atoms with Crippen LogP contribution in [0.3, 0.4) is 0 Å². The highest BCUT2D eigenvalue weighted by atomic mass is 32.1. The molecule has 0 aliphatic heterocycles. The second-order valence-electron chi connectivity index (χ2n) is 5.32. The van der Waals surface area contributed by atoms with Crippen LogP contribution in [0.4, 0.5) is 0 Å². The number of aromatic nitrogens is 3. The van der Waals surface area contributed by atoms with Gasteiger partial charge >= 0.3 is 0 Å². The van der Waals surface area contributed by atoms with Crippen molar-refractivity contribution < 1.29 is 0 Å². The number of rotatable bonds is 5. The topological polar surface area (TPSA) is 42.7 Å². The second-order valence-corrected chi connectivity index (χ2v) is 6.38. The Hall–Kier alpha value is -1.20. The van der Waals surface area contributed by atoms with Crippen LogP contribution in [0.25, 0.3) is 0 Å². The highest BCUT2D eigenvalue weighted by molar-refractivity contribution is 7.09. The maximum Gasteiger partial charge on any atom is 0.0898 e. The van der Waals surface area contributed by atoms with E-state index in [4.69, 9.17) is 0 Å². The Bertz CT molecular complexity index is 580. The first-order chi connectivity index (χ1) is 9.13. The molecular weight excluding hydrogens is 256 g/mol. The summed E-state index contributed by atoms with van der Waals surface area (Å²) in [5.74, 6) is 0. The molecular formula is C14H20N4S. The zero-order valence-electron chi connectivity index (χ0n) is 11.7. The van der Waals surface area contributed by atoms with E-state index in [1.807, 2.05) is 6.92 Å². The van der Waals surface area contributed by atoms with Gasteiger partial charge in [-0.2, -0.15) is 5.10 Å². The van der Waals surface area contributed by atoms with Gasteiger partial charge in [-0.15, -0.1) is 11.3 Å². The lowest BCUT2D eigenvalue weighted by Gasteiger charge is -2.05. The average Bonchev–Trinajstić information content (AvgIpc) is 3.05. The molecule has 1 aliphatic rings. The van der Waals surface area contributed by atoms with Crippen molar-refractivity contribution in [1.82, 2.24) is 20.1 Å². The normalized spacial score (nSPS) is 15.1. The molecule has 0 amide bonds. The van der Waals surface area contributed by atoms with Gasteiger partial charge in [0.25, 0.3) is 0 Å². The van der Waals surface area contributed by atoms with Gasteiger partial charge in [0.15, 0.2) is 0 Å². The first kappa shape index (κ1) is 12.8. The van der Waals surface area contributed by atoms with Crippen LogP contribution in [0, 0.1) is 20.8 Å². The standard InChI is InChI=1S/C14H20N4S/c1-9-14(6-15-12-4-5-12)10(2)18(17-9)7-13-8-19-11(3)16-13/h8,12,15H,4-7H2,1-3H3. The maximum atomic E-state index is 4.65. The predicted octanol–water partition coefficient (Wildman–Crippen LogP) is 2.57. The van der Waals surface area contributed by atoms with E-state index in [0.29, 0.717) is 0 Å². The van der Waals surface area contributed by atoms with Crippen LogP contribution < -0.4 is 5.32 Å². The molecule has 0 saturated heterocycles. The molecule has 0 unspecified atom stereocenters.